The van der Waals surface area contributed by atoms with Gasteiger partial charge in [0.05, 0.1) is 14.2 Å². The molecule has 0 fully saturated rings. The van der Waals surface area contributed by atoms with Crippen LogP contribution in [0.1, 0.15) is 17.2 Å². The topological polar surface area (TPSA) is 97.8 Å². The second-order valence-corrected chi connectivity index (χ2v) is 5.31. The van der Waals surface area contributed by atoms with Gasteiger partial charge in [-0.05, 0) is 11.1 Å². The minimum Gasteiger partial charge on any atom is -0.481 e. The summed E-state index contributed by atoms with van der Waals surface area (Å²) >= 11 is 0. The SMILES string of the molecule is COC(=O)[C@H](Cc1ccc(OC)nc1)NC(=O)[C@@H](O)c1ccccc1. The molecule has 0 saturated heterocycles. The first kappa shape index (κ1) is 18.4. The van der Waals surface area contributed by atoms with Gasteiger partial charge in [0.2, 0.25) is 5.88 Å². The Labute approximate surface area is 145 Å². The summed E-state index contributed by atoms with van der Waals surface area (Å²) in [7, 11) is 2.74. The molecule has 0 saturated carbocycles. The fourth-order valence-electron chi connectivity index (χ4n) is 2.26. The summed E-state index contributed by atoms with van der Waals surface area (Å²) in [6.07, 6.45) is 0.355. The number of aliphatic hydroxyl groups is 1. The number of ether oxygens (including phenoxy) is 2. The monoisotopic (exact) mass is 344 g/mol. The Hall–Kier alpha value is -2.93. The minimum absolute atomic E-state index is 0.177. The third kappa shape index (κ3) is 5.02. The number of hydrogen-bond donors (Lipinski definition) is 2. The van der Waals surface area contributed by atoms with E-state index in [0.29, 0.717) is 17.0 Å². The first-order valence-electron chi connectivity index (χ1n) is 7.65. The van der Waals surface area contributed by atoms with E-state index in [-0.39, 0.29) is 6.42 Å². The highest BCUT2D eigenvalue weighted by molar-refractivity contribution is 5.87. The van der Waals surface area contributed by atoms with Crippen LogP contribution in [0.4, 0.5) is 0 Å². The molecule has 132 valence electrons. The summed E-state index contributed by atoms with van der Waals surface area (Å²) in [6, 6.07) is 10.9. The highest BCUT2D eigenvalue weighted by Gasteiger charge is 2.26. The molecule has 0 aliphatic rings. The normalized spacial score (nSPS) is 12.8. The largest absolute Gasteiger partial charge is 0.481 e. The third-order valence-corrected chi connectivity index (χ3v) is 3.61. The standard InChI is InChI=1S/C18H20N2O5/c1-24-15-9-8-12(11-19-15)10-14(18(23)25-2)20-17(22)16(21)13-6-4-3-5-7-13/h3-9,11,14,16,21H,10H2,1-2H3,(H,20,22)/t14-,16-/m0/s1. The van der Waals surface area contributed by atoms with Gasteiger partial charge in [0.1, 0.15) is 6.04 Å². The van der Waals surface area contributed by atoms with Crippen molar-refractivity contribution in [1.82, 2.24) is 10.3 Å². The number of esters is 1. The third-order valence-electron chi connectivity index (χ3n) is 3.61. The van der Waals surface area contributed by atoms with Gasteiger partial charge in [-0.1, -0.05) is 36.4 Å². The molecule has 1 aromatic carbocycles. The Kier molecular flexibility index (Phi) is 6.47. The maximum Gasteiger partial charge on any atom is 0.328 e. The quantitative estimate of drug-likeness (QED) is 0.728. The number of benzene rings is 1. The number of methoxy groups -OCH3 is 2. The summed E-state index contributed by atoms with van der Waals surface area (Å²) < 4.78 is 9.72. The van der Waals surface area contributed by atoms with Gasteiger partial charge in [-0.3, -0.25) is 4.79 Å². The molecule has 7 heteroatoms. The van der Waals surface area contributed by atoms with E-state index in [2.05, 4.69) is 10.3 Å². The molecule has 0 aliphatic carbocycles. The van der Waals surface area contributed by atoms with Crippen molar-refractivity contribution in [2.75, 3.05) is 14.2 Å². The summed E-state index contributed by atoms with van der Waals surface area (Å²) in [6.45, 7) is 0. The number of carbonyl (C=O) groups excluding carboxylic acids is 2. The van der Waals surface area contributed by atoms with Gasteiger partial charge in [-0.25, -0.2) is 9.78 Å². The Morgan fingerprint density at radius 2 is 1.88 bits per heavy atom. The Balaban J connectivity index is 2.08. The van der Waals surface area contributed by atoms with E-state index in [1.807, 2.05) is 0 Å². The number of aliphatic hydroxyl groups excluding tert-OH is 1. The van der Waals surface area contributed by atoms with E-state index in [1.165, 1.54) is 14.2 Å². The average molecular weight is 344 g/mol. The predicted molar refractivity (Wildman–Crippen MR) is 89.8 cm³/mol. The van der Waals surface area contributed by atoms with E-state index in [0.717, 1.165) is 0 Å². The molecule has 25 heavy (non-hydrogen) atoms. The number of hydrogen-bond acceptors (Lipinski definition) is 6. The van der Waals surface area contributed by atoms with E-state index in [1.54, 1.807) is 48.7 Å². The zero-order valence-corrected chi connectivity index (χ0v) is 14.0. The molecule has 0 unspecified atom stereocenters. The van der Waals surface area contributed by atoms with Crippen LogP contribution in [-0.2, 0) is 20.7 Å². The Morgan fingerprint density at radius 3 is 2.44 bits per heavy atom. The van der Waals surface area contributed by atoms with Crippen LogP contribution in [0, 0.1) is 0 Å². The number of rotatable bonds is 7. The average Bonchev–Trinajstić information content (AvgIpc) is 2.67. The van der Waals surface area contributed by atoms with E-state index in [4.69, 9.17) is 9.47 Å². The van der Waals surface area contributed by atoms with E-state index < -0.39 is 24.0 Å². The molecule has 2 atom stereocenters. The van der Waals surface area contributed by atoms with Crippen molar-refractivity contribution in [3.8, 4) is 5.88 Å². The predicted octanol–water partition coefficient (Wildman–Crippen LogP) is 1.02. The highest BCUT2D eigenvalue weighted by atomic mass is 16.5. The van der Waals surface area contributed by atoms with Gasteiger partial charge in [0, 0.05) is 18.7 Å². The minimum atomic E-state index is -1.37. The second kappa shape index (κ2) is 8.79. The molecule has 7 nitrogen and oxygen atoms in total. The molecule has 0 radical (unpaired) electrons. The van der Waals surface area contributed by atoms with Crippen molar-refractivity contribution < 1.29 is 24.2 Å². The molecule has 2 rings (SSSR count). The number of carbonyl (C=O) groups is 2. The molecule has 0 aliphatic heterocycles. The van der Waals surface area contributed by atoms with Crippen molar-refractivity contribution >= 4 is 11.9 Å². The van der Waals surface area contributed by atoms with Crippen molar-refractivity contribution in [2.45, 2.75) is 18.6 Å². The first-order valence-corrected chi connectivity index (χ1v) is 7.65. The van der Waals surface area contributed by atoms with Crippen LogP contribution in [0.2, 0.25) is 0 Å². The lowest BCUT2D eigenvalue weighted by molar-refractivity contribution is -0.146. The summed E-state index contributed by atoms with van der Waals surface area (Å²) in [5, 5.41) is 12.7. The van der Waals surface area contributed by atoms with Crippen molar-refractivity contribution in [1.29, 1.82) is 0 Å². The van der Waals surface area contributed by atoms with Gasteiger partial charge in [0.25, 0.3) is 5.91 Å². The fourth-order valence-corrected chi connectivity index (χ4v) is 2.26. The van der Waals surface area contributed by atoms with Gasteiger partial charge < -0.3 is 19.9 Å². The van der Waals surface area contributed by atoms with E-state index in [9.17, 15) is 14.7 Å². The number of aromatic nitrogens is 1. The number of nitrogens with zero attached hydrogens (tertiary/aromatic N) is 1. The number of nitrogens with one attached hydrogen (secondary N) is 1. The molecule has 1 heterocycles. The van der Waals surface area contributed by atoms with Gasteiger partial charge in [-0.15, -0.1) is 0 Å². The Morgan fingerprint density at radius 1 is 1.16 bits per heavy atom. The van der Waals surface area contributed by atoms with Gasteiger partial charge >= 0.3 is 5.97 Å². The lowest BCUT2D eigenvalue weighted by Gasteiger charge is -2.19. The molecule has 0 bridgehead atoms. The first-order chi connectivity index (χ1) is 12.0. The van der Waals surface area contributed by atoms with Gasteiger partial charge in [0.15, 0.2) is 6.10 Å². The zero-order chi connectivity index (χ0) is 18.2. The van der Waals surface area contributed by atoms with Crippen LogP contribution in [0.3, 0.4) is 0 Å². The lowest BCUT2D eigenvalue weighted by atomic mass is 10.1. The lowest BCUT2D eigenvalue weighted by Crippen LogP contribution is -2.45. The maximum absolute atomic E-state index is 12.3. The molecular weight excluding hydrogens is 324 g/mol. The Bertz CT molecular complexity index is 703. The molecule has 1 amide bonds. The van der Waals surface area contributed by atoms with Crippen molar-refractivity contribution in [2.24, 2.45) is 0 Å². The van der Waals surface area contributed by atoms with Crippen LogP contribution in [0.15, 0.2) is 48.7 Å². The van der Waals surface area contributed by atoms with Crippen LogP contribution >= 0.6 is 0 Å². The molecule has 2 N–H and O–H groups in total. The highest BCUT2D eigenvalue weighted by Crippen LogP contribution is 2.14. The second-order valence-electron chi connectivity index (χ2n) is 5.31. The summed E-state index contributed by atoms with van der Waals surface area (Å²) in [4.78, 5) is 28.3. The summed E-state index contributed by atoms with van der Waals surface area (Å²) in [5.41, 5.74) is 1.15. The maximum atomic E-state index is 12.3. The number of pyridine rings is 1. The molecule has 0 spiro atoms. The smallest absolute Gasteiger partial charge is 0.328 e. The number of amides is 1. The van der Waals surface area contributed by atoms with Crippen molar-refractivity contribution in [3.05, 3.63) is 59.8 Å². The molecular formula is C18H20N2O5. The summed E-state index contributed by atoms with van der Waals surface area (Å²) in [5.74, 6) is -0.839. The van der Waals surface area contributed by atoms with Crippen LogP contribution in [0.25, 0.3) is 0 Å². The molecule has 2 aromatic rings. The van der Waals surface area contributed by atoms with Crippen LogP contribution < -0.4 is 10.1 Å². The van der Waals surface area contributed by atoms with Crippen molar-refractivity contribution in [3.63, 3.8) is 0 Å². The van der Waals surface area contributed by atoms with Gasteiger partial charge in [-0.2, -0.15) is 0 Å². The van der Waals surface area contributed by atoms with Crippen LogP contribution in [-0.4, -0.2) is 42.2 Å². The zero-order valence-electron chi connectivity index (χ0n) is 14.0. The van der Waals surface area contributed by atoms with Crippen LogP contribution in [0.5, 0.6) is 5.88 Å². The fraction of sp³-hybridized carbons (Fsp3) is 0.278. The van der Waals surface area contributed by atoms with E-state index >= 15 is 0 Å². The molecule has 1 aromatic heterocycles.